The lowest BCUT2D eigenvalue weighted by molar-refractivity contribution is 0.305. The molecule has 2 N–H and O–H groups in total. The van der Waals surface area contributed by atoms with Crippen molar-refractivity contribution >= 4 is 15.7 Å². The van der Waals surface area contributed by atoms with Gasteiger partial charge in [-0.1, -0.05) is 11.8 Å². The zero-order valence-corrected chi connectivity index (χ0v) is 10.7. The summed E-state index contributed by atoms with van der Waals surface area (Å²) in [4.78, 5) is 0. The zero-order valence-electron chi connectivity index (χ0n) is 9.90. The van der Waals surface area contributed by atoms with Crippen LogP contribution in [0.15, 0.2) is 18.2 Å². The molecule has 0 aliphatic carbocycles. The highest BCUT2D eigenvalue weighted by Gasteiger charge is 2.10. The molecule has 0 amide bonds. The van der Waals surface area contributed by atoms with Crippen molar-refractivity contribution in [3.8, 4) is 11.8 Å². The molecule has 0 aromatic heterocycles. The molecule has 0 saturated heterocycles. The van der Waals surface area contributed by atoms with Crippen LogP contribution in [-0.4, -0.2) is 25.9 Å². The summed E-state index contributed by atoms with van der Waals surface area (Å²) in [5.74, 6) is 4.67. The molecule has 0 atom stereocenters. The molecular formula is C12H14FNO3S. The molecule has 18 heavy (non-hydrogen) atoms. The van der Waals surface area contributed by atoms with Gasteiger partial charge in [0.1, 0.15) is 5.82 Å². The van der Waals surface area contributed by atoms with Crippen molar-refractivity contribution in [1.29, 1.82) is 0 Å². The second-order valence-corrected chi connectivity index (χ2v) is 5.48. The van der Waals surface area contributed by atoms with E-state index >= 15 is 0 Å². The van der Waals surface area contributed by atoms with E-state index in [0.717, 1.165) is 12.1 Å². The van der Waals surface area contributed by atoms with Gasteiger partial charge >= 0.3 is 0 Å². The zero-order chi connectivity index (χ0) is 13.6. The average Bonchev–Trinajstić information content (AvgIpc) is 2.33. The molecule has 0 aliphatic heterocycles. The highest BCUT2D eigenvalue weighted by atomic mass is 32.2. The quantitative estimate of drug-likeness (QED) is 0.812. The Morgan fingerprint density at radius 3 is 2.78 bits per heavy atom. The van der Waals surface area contributed by atoms with Crippen LogP contribution < -0.4 is 4.72 Å². The van der Waals surface area contributed by atoms with Gasteiger partial charge in [-0.3, -0.25) is 4.72 Å². The molecule has 0 aliphatic rings. The number of nitrogens with one attached hydrogen (secondary N) is 1. The molecule has 1 aromatic carbocycles. The molecule has 0 unspecified atom stereocenters. The Morgan fingerprint density at radius 2 is 2.17 bits per heavy atom. The van der Waals surface area contributed by atoms with E-state index in [1.54, 1.807) is 0 Å². The molecule has 4 nitrogen and oxygen atoms in total. The summed E-state index contributed by atoms with van der Waals surface area (Å²) in [7, 11) is -3.43. The van der Waals surface area contributed by atoms with E-state index in [1.165, 1.54) is 13.0 Å². The number of halogens is 1. The predicted octanol–water partition coefficient (Wildman–Crippen LogP) is 1.32. The monoisotopic (exact) mass is 271 g/mol. The number of hydrogen-bond donors (Lipinski definition) is 2. The molecule has 0 heterocycles. The van der Waals surface area contributed by atoms with Gasteiger partial charge in [-0.25, -0.2) is 12.8 Å². The van der Waals surface area contributed by atoms with E-state index in [1.807, 2.05) is 0 Å². The minimum absolute atomic E-state index is 0.0755. The van der Waals surface area contributed by atoms with Crippen LogP contribution in [0.25, 0.3) is 0 Å². The average molecular weight is 271 g/mol. The molecule has 1 rings (SSSR count). The predicted molar refractivity (Wildman–Crippen MR) is 68.1 cm³/mol. The van der Waals surface area contributed by atoms with Gasteiger partial charge in [-0.15, -0.1) is 0 Å². The third-order valence-electron chi connectivity index (χ3n) is 2.09. The van der Waals surface area contributed by atoms with Gasteiger partial charge in [0.05, 0.1) is 23.6 Å². The number of anilines is 1. The summed E-state index contributed by atoms with van der Waals surface area (Å²) in [5, 5.41) is 8.60. The summed E-state index contributed by atoms with van der Waals surface area (Å²) in [5.41, 5.74) is 0.490. The number of aliphatic hydroxyl groups is 1. The molecule has 0 spiro atoms. The maximum Gasteiger partial charge on any atom is 0.232 e. The van der Waals surface area contributed by atoms with E-state index in [-0.39, 0.29) is 30.0 Å². The van der Waals surface area contributed by atoms with Gasteiger partial charge < -0.3 is 5.11 Å². The van der Waals surface area contributed by atoms with Crippen molar-refractivity contribution < 1.29 is 17.9 Å². The smallest absolute Gasteiger partial charge is 0.232 e. The Balaban J connectivity index is 3.09. The fraction of sp³-hybridized carbons (Fsp3) is 0.333. The second-order valence-electron chi connectivity index (χ2n) is 3.47. The van der Waals surface area contributed by atoms with E-state index in [4.69, 9.17) is 5.11 Å². The Kier molecular flexibility index (Phi) is 5.13. The van der Waals surface area contributed by atoms with E-state index in [0.29, 0.717) is 0 Å². The lowest BCUT2D eigenvalue weighted by Crippen LogP contribution is -2.15. The first-order valence-corrected chi connectivity index (χ1v) is 7.03. The number of aliphatic hydroxyl groups excluding tert-OH is 1. The number of sulfonamides is 1. The van der Waals surface area contributed by atoms with Crippen LogP contribution in [0, 0.1) is 17.7 Å². The van der Waals surface area contributed by atoms with Gasteiger partial charge in [0, 0.05) is 6.42 Å². The largest absolute Gasteiger partial charge is 0.395 e. The molecule has 0 bridgehead atoms. The van der Waals surface area contributed by atoms with E-state index in [9.17, 15) is 12.8 Å². The maximum absolute atomic E-state index is 13.1. The van der Waals surface area contributed by atoms with Crippen molar-refractivity contribution in [2.24, 2.45) is 0 Å². The van der Waals surface area contributed by atoms with Crippen LogP contribution >= 0.6 is 0 Å². The first-order chi connectivity index (χ1) is 8.48. The van der Waals surface area contributed by atoms with E-state index in [2.05, 4.69) is 16.6 Å². The van der Waals surface area contributed by atoms with E-state index < -0.39 is 15.8 Å². The van der Waals surface area contributed by atoms with Crippen LogP contribution in [0.2, 0.25) is 0 Å². The topological polar surface area (TPSA) is 66.4 Å². The van der Waals surface area contributed by atoms with Gasteiger partial charge in [-0.2, -0.15) is 0 Å². The highest BCUT2D eigenvalue weighted by molar-refractivity contribution is 7.92. The molecule has 98 valence electrons. The fourth-order valence-corrected chi connectivity index (χ4v) is 1.82. The van der Waals surface area contributed by atoms with Crippen LogP contribution in [0.3, 0.4) is 0 Å². The summed E-state index contributed by atoms with van der Waals surface area (Å²) in [6, 6.07) is 3.63. The van der Waals surface area contributed by atoms with Crippen LogP contribution in [0.5, 0.6) is 0 Å². The van der Waals surface area contributed by atoms with Crippen molar-refractivity contribution in [1.82, 2.24) is 0 Å². The number of hydrogen-bond acceptors (Lipinski definition) is 3. The molecule has 6 heteroatoms. The molecule has 0 saturated carbocycles. The first kappa shape index (κ1) is 14.5. The summed E-state index contributed by atoms with van der Waals surface area (Å²) in [6.07, 6.45) is 0.247. The summed E-state index contributed by atoms with van der Waals surface area (Å²) >= 11 is 0. The third-order valence-corrected chi connectivity index (χ3v) is 3.38. The highest BCUT2D eigenvalue weighted by Crippen LogP contribution is 2.17. The van der Waals surface area contributed by atoms with Crippen molar-refractivity contribution in [2.45, 2.75) is 13.3 Å². The van der Waals surface area contributed by atoms with Gasteiger partial charge in [-0.05, 0) is 25.1 Å². The fourth-order valence-electron chi connectivity index (χ4n) is 1.16. The summed E-state index contributed by atoms with van der Waals surface area (Å²) < 4.78 is 38.3. The van der Waals surface area contributed by atoms with Crippen molar-refractivity contribution in [3.63, 3.8) is 0 Å². The second kappa shape index (κ2) is 6.38. The first-order valence-electron chi connectivity index (χ1n) is 5.38. The van der Waals surface area contributed by atoms with Crippen molar-refractivity contribution in [3.05, 3.63) is 29.6 Å². The van der Waals surface area contributed by atoms with Gasteiger partial charge in [0.15, 0.2) is 0 Å². The molecule has 0 fully saturated rings. The van der Waals surface area contributed by atoms with Crippen LogP contribution in [0.1, 0.15) is 18.9 Å². The Labute approximate surface area is 106 Å². The number of benzene rings is 1. The van der Waals surface area contributed by atoms with Crippen LogP contribution in [0.4, 0.5) is 10.1 Å². The van der Waals surface area contributed by atoms with Gasteiger partial charge in [0.2, 0.25) is 10.0 Å². The Morgan fingerprint density at radius 1 is 1.44 bits per heavy atom. The molecule has 1 aromatic rings. The molecular weight excluding hydrogens is 257 g/mol. The maximum atomic E-state index is 13.1. The van der Waals surface area contributed by atoms with Crippen LogP contribution in [-0.2, 0) is 10.0 Å². The minimum Gasteiger partial charge on any atom is -0.395 e. The van der Waals surface area contributed by atoms with Crippen molar-refractivity contribution in [2.75, 3.05) is 17.1 Å². The third kappa shape index (κ3) is 4.35. The SMILES string of the molecule is CCS(=O)(=O)Nc1ccc(F)cc1C#CCCO. The standard InChI is InChI=1S/C12H14FNO3S/c1-2-18(16,17)14-12-7-6-11(13)9-10(12)5-3-4-8-15/h6-7,9,14-15H,2,4,8H2,1H3. The number of rotatable bonds is 4. The molecule has 0 radical (unpaired) electrons. The van der Waals surface area contributed by atoms with Gasteiger partial charge in [0.25, 0.3) is 0 Å². The lowest BCUT2D eigenvalue weighted by Gasteiger charge is -2.08. The summed E-state index contributed by atoms with van der Waals surface area (Å²) in [6.45, 7) is 1.40. The normalized spacial score (nSPS) is 10.6. The lowest BCUT2D eigenvalue weighted by atomic mass is 10.2. The Hall–Kier alpha value is -1.58. The minimum atomic E-state index is -3.43. The Bertz CT molecular complexity index is 573.